The second-order valence-electron chi connectivity index (χ2n) is 5.82. The van der Waals surface area contributed by atoms with Gasteiger partial charge in [-0.2, -0.15) is 5.10 Å². The van der Waals surface area contributed by atoms with Gasteiger partial charge in [-0.25, -0.2) is 0 Å². The highest BCUT2D eigenvalue weighted by Gasteiger charge is 2.38. The summed E-state index contributed by atoms with van der Waals surface area (Å²) in [5.74, 6) is -0.0197. The lowest BCUT2D eigenvalue weighted by Crippen LogP contribution is -2.55. The zero-order valence-corrected chi connectivity index (χ0v) is 13.4. The van der Waals surface area contributed by atoms with E-state index in [2.05, 4.69) is 11.7 Å². The van der Waals surface area contributed by atoms with Crippen LogP contribution < -0.4 is 0 Å². The molecule has 1 aromatic heterocycles. The normalized spacial score (nSPS) is 16.9. The Kier molecular flexibility index (Phi) is 5.03. The predicted octanol–water partition coefficient (Wildman–Crippen LogP) is 1.98. The quantitative estimate of drug-likeness (QED) is 0.571. The molecule has 0 aromatic carbocycles. The van der Waals surface area contributed by atoms with E-state index in [1.165, 1.54) is 0 Å². The van der Waals surface area contributed by atoms with Crippen LogP contribution in [0.5, 0.6) is 0 Å². The van der Waals surface area contributed by atoms with E-state index in [1.807, 2.05) is 18.7 Å². The van der Waals surface area contributed by atoms with Gasteiger partial charge in [0, 0.05) is 13.7 Å². The van der Waals surface area contributed by atoms with Gasteiger partial charge in [-0.05, 0) is 26.0 Å². The van der Waals surface area contributed by atoms with Gasteiger partial charge in [0.05, 0.1) is 25.0 Å². The highest BCUT2D eigenvalue weighted by molar-refractivity contribution is 5.94. The first-order chi connectivity index (χ1) is 10.5. The van der Waals surface area contributed by atoms with Gasteiger partial charge in [0.25, 0.3) is 5.91 Å². The fourth-order valence-electron chi connectivity index (χ4n) is 2.53. The van der Waals surface area contributed by atoms with Crippen molar-refractivity contribution in [3.63, 3.8) is 0 Å². The van der Waals surface area contributed by atoms with Gasteiger partial charge in [0.1, 0.15) is 18.0 Å². The number of amides is 1. The summed E-state index contributed by atoms with van der Waals surface area (Å²) >= 11 is 0. The summed E-state index contributed by atoms with van der Waals surface area (Å²) in [6.07, 6.45) is 4.90. The molecule has 0 spiro atoms. The number of carbonyl (C=O) groups excluding carboxylic acids is 1. The average Bonchev–Trinajstić information content (AvgIpc) is 2.85. The van der Waals surface area contributed by atoms with E-state index in [4.69, 9.17) is 9.47 Å². The van der Waals surface area contributed by atoms with Crippen LogP contribution in [0.25, 0.3) is 0 Å². The standard InChI is InChI=1S/C16H23N3O3/c1-5-6-8-22-11-13-10-14-15(20)18(7-9-21-4)16(2,3)12-19(14)17-13/h5-6,8,10H,1,7,9,11-12H2,2-4H3/b8-6-. The van der Waals surface area contributed by atoms with Crippen molar-refractivity contribution in [3.05, 3.63) is 42.4 Å². The second-order valence-corrected chi connectivity index (χ2v) is 5.82. The van der Waals surface area contributed by atoms with Crippen molar-refractivity contribution in [2.75, 3.05) is 20.3 Å². The molecule has 6 heteroatoms. The van der Waals surface area contributed by atoms with Gasteiger partial charge >= 0.3 is 0 Å². The van der Waals surface area contributed by atoms with Crippen molar-refractivity contribution in [1.29, 1.82) is 0 Å². The first-order valence-corrected chi connectivity index (χ1v) is 7.26. The van der Waals surface area contributed by atoms with Crippen LogP contribution in [0, 0.1) is 0 Å². The summed E-state index contributed by atoms with van der Waals surface area (Å²) in [6.45, 7) is 9.71. The molecule has 6 nitrogen and oxygen atoms in total. The summed E-state index contributed by atoms with van der Waals surface area (Å²) < 4.78 is 12.2. The molecule has 0 fully saturated rings. The molecular formula is C16H23N3O3. The van der Waals surface area contributed by atoms with Crippen molar-refractivity contribution in [2.45, 2.75) is 32.5 Å². The Balaban J connectivity index is 2.16. The Hall–Kier alpha value is -2.08. The monoisotopic (exact) mass is 305 g/mol. The lowest BCUT2D eigenvalue weighted by Gasteiger charge is -2.42. The van der Waals surface area contributed by atoms with Crippen LogP contribution in [0.2, 0.25) is 0 Å². The minimum Gasteiger partial charge on any atom is -0.495 e. The van der Waals surface area contributed by atoms with E-state index in [0.717, 1.165) is 5.69 Å². The largest absolute Gasteiger partial charge is 0.495 e. The molecule has 0 radical (unpaired) electrons. The molecule has 1 aromatic rings. The van der Waals surface area contributed by atoms with Gasteiger partial charge in [-0.15, -0.1) is 0 Å². The minimum atomic E-state index is -0.296. The summed E-state index contributed by atoms with van der Waals surface area (Å²) in [4.78, 5) is 14.5. The molecule has 0 saturated heterocycles. The van der Waals surface area contributed by atoms with Crippen LogP contribution >= 0.6 is 0 Å². The Morgan fingerprint density at radius 1 is 1.50 bits per heavy atom. The molecule has 0 saturated carbocycles. The number of allylic oxidation sites excluding steroid dienone is 2. The molecule has 0 aliphatic carbocycles. The fourth-order valence-corrected chi connectivity index (χ4v) is 2.53. The molecule has 2 rings (SSSR count). The highest BCUT2D eigenvalue weighted by atomic mass is 16.5. The maximum absolute atomic E-state index is 12.7. The zero-order valence-electron chi connectivity index (χ0n) is 13.4. The lowest BCUT2D eigenvalue weighted by molar-refractivity contribution is 0.0299. The molecular weight excluding hydrogens is 282 g/mol. The van der Waals surface area contributed by atoms with Gasteiger partial charge in [-0.3, -0.25) is 9.48 Å². The van der Waals surface area contributed by atoms with Gasteiger partial charge in [-0.1, -0.05) is 12.7 Å². The third-order valence-electron chi connectivity index (χ3n) is 3.62. The molecule has 1 amide bonds. The topological polar surface area (TPSA) is 56.6 Å². The van der Waals surface area contributed by atoms with Gasteiger partial charge in [0.15, 0.2) is 0 Å². The number of nitrogens with zero attached hydrogens (tertiary/aromatic N) is 3. The van der Waals surface area contributed by atoms with E-state index in [-0.39, 0.29) is 11.4 Å². The van der Waals surface area contributed by atoms with Crippen LogP contribution in [-0.4, -0.2) is 46.4 Å². The maximum Gasteiger partial charge on any atom is 0.272 e. The molecule has 0 bridgehead atoms. The number of carbonyl (C=O) groups is 1. The van der Waals surface area contributed by atoms with E-state index < -0.39 is 0 Å². The lowest BCUT2D eigenvalue weighted by atomic mass is 9.99. The SMILES string of the molecule is C=C/C=C\OCc1cc2n(n1)CC(C)(C)N(CCOC)C2=O. The maximum atomic E-state index is 12.7. The number of fused-ring (bicyclic) bond motifs is 1. The Bertz CT molecular complexity index is 575. The van der Waals surface area contributed by atoms with E-state index >= 15 is 0 Å². The number of methoxy groups -OCH3 is 1. The molecule has 0 atom stereocenters. The Labute approximate surface area is 131 Å². The Morgan fingerprint density at radius 2 is 2.27 bits per heavy atom. The summed E-state index contributed by atoms with van der Waals surface area (Å²) in [5.41, 5.74) is 1.04. The first kappa shape index (κ1) is 16.3. The molecule has 0 N–H and O–H groups in total. The number of aromatic nitrogens is 2. The number of hydrogen-bond acceptors (Lipinski definition) is 4. The Morgan fingerprint density at radius 3 is 2.95 bits per heavy atom. The van der Waals surface area contributed by atoms with Crippen LogP contribution in [0.15, 0.2) is 31.1 Å². The van der Waals surface area contributed by atoms with Crippen molar-refractivity contribution in [1.82, 2.24) is 14.7 Å². The highest BCUT2D eigenvalue weighted by Crippen LogP contribution is 2.26. The van der Waals surface area contributed by atoms with E-state index in [0.29, 0.717) is 32.0 Å². The van der Waals surface area contributed by atoms with E-state index in [1.54, 1.807) is 36.3 Å². The molecule has 1 aliphatic heterocycles. The van der Waals surface area contributed by atoms with Crippen LogP contribution in [0.1, 0.15) is 30.0 Å². The van der Waals surface area contributed by atoms with Crippen molar-refractivity contribution in [2.24, 2.45) is 0 Å². The van der Waals surface area contributed by atoms with Gasteiger partial charge in [0.2, 0.25) is 0 Å². The molecule has 120 valence electrons. The molecule has 22 heavy (non-hydrogen) atoms. The van der Waals surface area contributed by atoms with Crippen molar-refractivity contribution in [3.8, 4) is 0 Å². The van der Waals surface area contributed by atoms with Gasteiger partial charge < -0.3 is 14.4 Å². The molecule has 1 aliphatic rings. The first-order valence-electron chi connectivity index (χ1n) is 7.26. The third-order valence-corrected chi connectivity index (χ3v) is 3.62. The third kappa shape index (κ3) is 3.39. The van der Waals surface area contributed by atoms with Crippen LogP contribution in [0.4, 0.5) is 0 Å². The molecule has 0 unspecified atom stereocenters. The number of hydrogen-bond donors (Lipinski definition) is 0. The van der Waals surface area contributed by atoms with Crippen molar-refractivity contribution < 1.29 is 14.3 Å². The van der Waals surface area contributed by atoms with E-state index in [9.17, 15) is 4.79 Å². The zero-order chi connectivity index (χ0) is 16.2. The number of rotatable bonds is 7. The minimum absolute atomic E-state index is 0.0197. The summed E-state index contributed by atoms with van der Waals surface area (Å²) in [5, 5.41) is 4.46. The summed E-state index contributed by atoms with van der Waals surface area (Å²) in [7, 11) is 1.64. The second kappa shape index (κ2) is 6.79. The smallest absolute Gasteiger partial charge is 0.272 e. The predicted molar refractivity (Wildman–Crippen MR) is 83.3 cm³/mol. The fraction of sp³-hybridized carbons (Fsp3) is 0.500. The summed E-state index contributed by atoms with van der Waals surface area (Å²) in [6, 6.07) is 1.79. The van der Waals surface area contributed by atoms with Crippen molar-refractivity contribution >= 4 is 5.91 Å². The van der Waals surface area contributed by atoms with Crippen LogP contribution in [-0.2, 0) is 22.6 Å². The van der Waals surface area contributed by atoms with Crippen LogP contribution in [0.3, 0.4) is 0 Å². The molecule has 2 heterocycles. The average molecular weight is 305 g/mol. The number of ether oxygens (including phenoxy) is 2.